The van der Waals surface area contributed by atoms with Crippen molar-refractivity contribution >= 4 is 23.8 Å². The molecular weight excluding hydrogens is 608 g/mol. The molecule has 0 unspecified atom stereocenters. The van der Waals surface area contributed by atoms with Crippen LogP contribution >= 0.6 is 7.92 Å². The Morgan fingerprint density at radius 2 is 0.592 bits per heavy atom. The molecular formula is C48H35P. The van der Waals surface area contributed by atoms with Gasteiger partial charge in [-0.3, -0.25) is 0 Å². The maximum absolute atomic E-state index is 2.47. The van der Waals surface area contributed by atoms with Crippen LogP contribution in [0, 0.1) is 0 Å². The van der Waals surface area contributed by atoms with Gasteiger partial charge in [-0.2, -0.15) is 0 Å². The maximum Gasteiger partial charge on any atom is -0.00143 e. The van der Waals surface area contributed by atoms with E-state index in [9.17, 15) is 0 Å². The molecule has 8 rings (SSSR count). The summed E-state index contributed by atoms with van der Waals surface area (Å²) in [6.07, 6.45) is 0. The Morgan fingerprint density at radius 1 is 0.245 bits per heavy atom. The third kappa shape index (κ3) is 6.16. The average Bonchev–Trinajstić information content (AvgIpc) is 3.19. The predicted molar refractivity (Wildman–Crippen MR) is 212 cm³/mol. The second-order valence-electron chi connectivity index (χ2n) is 12.1. The lowest BCUT2D eigenvalue weighted by Gasteiger charge is -2.27. The Balaban J connectivity index is 1.54. The highest BCUT2D eigenvalue weighted by molar-refractivity contribution is 7.80. The second-order valence-corrected chi connectivity index (χ2v) is 14.3. The average molecular weight is 643 g/mol. The molecule has 0 aliphatic rings. The Labute approximate surface area is 290 Å². The zero-order chi connectivity index (χ0) is 32.8. The van der Waals surface area contributed by atoms with Crippen molar-refractivity contribution < 1.29 is 0 Å². The van der Waals surface area contributed by atoms with Crippen LogP contribution in [0.4, 0.5) is 0 Å². The van der Waals surface area contributed by atoms with Crippen molar-refractivity contribution in [3.05, 3.63) is 212 Å². The monoisotopic (exact) mass is 642 g/mol. The van der Waals surface area contributed by atoms with Gasteiger partial charge in [0.2, 0.25) is 0 Å². The lowest BCUT2D eigenvalue weighted by molar-refractivity contribution is 1.53. The van der Waals surface area contributed by atoms with E-state index < -0.39 is 7.92 Å². The molecule has 0 radical (unpaired) electrons. The summed E-state index contributed by atoms with van der Waals surface area (Å²) in [6.45, 7) is 0. The molecule has 49 heavy (non-hydrogen) atoms. The first-order valence-electron chi connectivity index (χ1n) is 16.8. The molecule has 0 amide bonds. The summed E-state index contributed by atoms with van der Waals surface area (Å²) in [5.41, 5.74) is 12.2. The first-order chi connectivity index (χ1) is 24.4. The molecule has 0 atom stereocenters. The Hall–Kier alpha value is -5.81. The molecule has 0 fully saturated rings. The smallest absolute Gasteiger partial charge is 0.00143 e. The van der Waals surface area contributed by atoms with Gasteiger partial charge in [-0.15, -0.1) is 0 Å². The van der Waals surface area contributed by atoms with E-state index in [1.807, 2.05) is 0 Å². The van der Waals surface area contributed by atoms with E-state index in [2.05, 4.69) is 212 Å². The molecule has 0 aliphatic carbocycles. The standard InChI is InChI=1S/C48H35P/c1-7-21-36(22-8-1)43-35-44(42-33-19-20-34-45(42)49(40-29-15-5-16-30-40)41-31-17-6-18-32-41)47(38-25-11-3-12-26-38)48(39-27-13-4-14-28-39)46(43)37-23-9-2-10-24-37/h1-35H. The molecule has 1 heteroatoms. The molecule has 8 aromatic rings. The van der Waals surface area contributed by atoms with Crippen molar-refractivity contribution in [2.75, 3.05) is 0 Å². The summed E-state index contributed by atoms with van der Waals surface area (Å²) in [4.78, 5) is 0. The van der Waals surface area contributed by atoms with Crippen molar-refractivity contribution in [3.8, 4) is 55.6 Å². The van der Waals surface area contributed by atoms with Crippen LogP contribution in [0.2, 0.25) is 0 Å². The van der Waals surface area contributed by atoms with Crippen LogP contribution in [0.25, 0.3) is 55.6 Å². The van der Waals surface area contributed by atoms with E-state index in [0.717, 1.165) is 0 Å². The minimum absolute atomic E-state index is 0.851. The molecule has 0 aliphatic heterocycles. The molecule has 0 heterocycles. The summed E-state index contributed by atoms with van der Waals surface area (Å²) in [5, 5.41) is 4.02. The van der Waals surface area contributed by atoms with Crippen LogP contribution in [0.15, 0.2) is 212 Å². The van der Waals surface area contributed by atoms with E-state index in [1.165, 1.54) is 71.5 Å². The van der Waals surface area contributed by atoms with Gasteiger partial charge in [-0.25, -0.2) is 0 Å². The molecule has 0 nitrogen and oxygen atoms in total. The van der Waals surface area contributed by atoms with Gasteiger partial charge in [0.15, 0.2) is 0 Å². The van der Waals surface area contributed by atoms with Gasteiger partial charge in [-0.1, -0.05) is 206 Å². The third-order valence-corrected chi connectivity index (χ3v) is 11.6. The maximum atomic E-state index is 2.47. The summed E-state index contributed by atoms with van der Waals surface area (Å²) in [7, 11) is -0.851. The zero-order valence-electron chi connectivity index (χ0n) is 27.2. The van der Waals surface area contributed by atoms with Gasteiger partial charge in [-0.05, 0) is 85.5 Å². The van der Waals surface area contributed by atoms with E-state index >= 15 is 0 Å². The van der Waals surface area contributed by atoms with Crippen molar-refractivity contribution in [2.45, 2.75) is 0 Å². The van der Waals surface area contributed by atoms with Gasteiger partial charge in [0.05, 0.1) is 0 Å². The summed E-state index contributed by atoms with van der Waals surface area (Å²) in [6, 6.07) is 77.3. The van der Waals surface area contributed by atoms with Crippen molar-refractivity contribution in [3.63, 3.8) is 0 Å². The largest absolute Gasteiger partial charge is 0.0622 e. The van der Waals surface area contributed by atoms with Crippen LogP contribution in [-0.2, 0) is 0 Å². The third-order valence-electron chi connectivity index (χ3n) is 9.06. The van der Waals surface area contributed by atoms with E-state index in [-0.39, 0.29) is 0 Å². The SMILES string of the molecule is c1ccc(-c2cc(-c3ccccc3P(c3ccccc3)c3ccccc3)c(-c3ccccc3)c(-c3ccccc3)c2-c2ccccc2)cc1. The van der Waals surface area contributed by atoms with Crippen LogP contribution in [-0.4, -0.2) is 0 Å². The van der Waals surface area contributed by atoms with Crippen molar-refractivity contribution in [2.24, 2.45) is 0 Å². The van der Waals surface area contributed by atoms with Crippen molar-refractivity contribution in [1.29, 1.82) is 0 Å². The topological polar surface area (TPSA) is 0 Å². The van der Waals surface area contributed by atoms with Gasteiger partial charge >= 0.3 is 0 Å². The number of hydrogen-bond acceptors (Lipinski definition) is 0. The van der Waals surface area contributed by atoms with Crippen LogP contribution in [0.1, 0.15) is 0 Å². The van der Waals surface area contributed by atoms with Crippen LogP contribution in [0.5, 0.6) is 0 Å². The number of benzene rings is 8. The number of rotatable bonds is 8. The van der Waals surface area contributed by atoms with Gasteiger partial charge in [0.25, 0.3) is 0 Å². The molecule has 232 valence electrons. The Kier molecular flexibility index (Phi) is 8.80. The molecule has 0 saturated heterocycles. The zero-order valence-corrected chi connectivity index (χ0v) is 28.0. The molecule has 0 spiro atoms. The summed E-state index contributed by atoms with van der Waals surface area (Å²) in [5.74, 6) is 0. The van der Waals surface area contributed by atoms with Gasteiger partial charge in [0, 0.05) is 0 Å². The van der Waals surface area contributed by atoms with Crippen LogP contribution in [0.3, 0.4) is 0 Å². The highest BCUT2D eigenvalue weighted by Gasteiger charge is 2.27. The second kappa shape index (κ2) is 14.1. The Bertz CT molecular complexity index is 2240. The van der Waals surface area contributed by atoms with E-state index in [4.69, 9.17) is 0 Å². The highest BCUT2D eigenvalue weighted by Crippen LogP contribution is 2.51. The summed E-state index contributed by atoms with van der Waals surface area (Å²) < 4.78 is 0. The summed E-state index contributed by atoms with van der Waals surface area (Å²) >= 11 is 0. The molecule has 0 N–H and O–H groups in total. The first-order valence-corrected chi connectivity index (χ1v) is 18.1. The molecule has 0 aromatic heterocycles. The lowest BCUT2D eigenvalue weighted by Crippen LogP contribution is -2.22. The minimum Gasteiger partial charge on any atom is -0.0622 e. The van der Waals surface area contributed by atoms with Crippen LogP contribution < -0.4 is 15.9 Å². The van der Waals surface area contributed by atoms with Gasteiger partial charge < -0.3 is 0 Å². The predicted octanol–water partition coefficient (Wildman–Crippen LogP) is 11.8. The lowest BCUT2D eigenvalue weighted by atomic mass is 9.79. The Morgan fingerprint density at radius 3 is 1.06 bits per heavy atom. The minimum atomic E-state index is -0.851. The highest BCUT2D eigenvalue weighted by atomic mass is 31.1. The fraction of sp³-hybridized carbons (Fsp3) is 0. The molecule has 8 aromatic carbocycles. The first kappa shape index (κ1) is 30.5. The van der Waals surface area contributed by atoms with Gasteiger partial charge in [0.1, 0.15) is 0 Å². The molecule has 0 saturated carbocycles. The van der Waals surface area contributed by atoms with Crippen molar-refractivity contribution in [1.82, 2.24) is 0 Å². The quantitative estimate of drug-likeness (QED) is 0.145. The fourth-order valence-corrected chi connectivity index (χ4v) is 9.39. The van der Waals surface area contributed by atoms with E-state index in [0.29, 0.717) is 0 Å². The molecule has 0 bridgehead atoms. The normalized spacial score (nSPS) is 11.0. The fourth-order valence-electron chi connectivity index (χ4n) is 6.92. The number of hydrogen-bond donors (Lipinski definition) is 0. The van der Waals surface area contributed by atoms with E-state index in [1.54, 1.807) is 0 Å².